The molecular weight excluding hydrogens is 354 g/mol. The molecular formula is C22H17N3O3. The molecule has 4 aromatic rings. The van der Waals surface area contributed by atoms with Crippen molar-refractivity contribution in [2.24, 2.45) is 0 Å². The van der Waals surface area contributed by atoms with E-state index in [2.05, 4.69) is 4.98 Å². The minimum Gasteiger partial charge on any atom is -0.508 e. The molecule has 6 nitrogen and oxygen atoms in total. The van der Waals surface area contributed by atoms with Crippen molar-refractivity contribution in [3.05, 3.63) is 88.5 Å². The maximum Gasteiger partial charge on any atom is 0.270 e. The molecule has 0 atom stereocenters. The zero-order valence-corrected chi connectivity index (χ0v) is 15.1. The van der Waals surface area contributed by atoms with Gasteiger partial charge >= 0.3 is 0 Å². The Labute approximate surface area is 161 Å². The summed E-state index contributed by atoms with van der Waals surface area (Å²) < 4.78 is 0. The Hall–Kier alpha value is -3.93. The standard InChI is InChI=1S/C22H17N3O3/c1-14-10-11-17(25(27)28)13-19(14)21-20(15-6-3-2-4-7-15)23-22(24-21)16-8-5-9-18(26)12-16/h2-13,26H,1H3,(H,23,24). The van der Waals surface area contributed by atoms with Gasteiger partial charge < -0.3 is 10.1 Å². The first-order valence-electron chi connectivity index (χ1n) is 8.73. The van der Waals surface area contributed by atoms with E-state index in [4.69, 9.17) is 4.98 Å². The lowest BCUT2D eigenvalue weighted by atomic mass is 10.0. The van der Waals surface area contributed by atoms with Crippen LogP contribution in [0.1, 0.15) is 5.56 Å². The molecule has 1 aromatic heterocycles. The van der Waals surface area contributed by atoms with Crippen molar-refractivity contribution in [1.29, 1.82) is 0 Å². The van der Waals surface area contributed by atoms with Crippen molar-refractivity contribution in [3.63, 3.8) is 0 Å². The zero-order chi connectivity index (χ0) is 19.7. The summed E-state index contributed by atoms with van der Waals surface area (Å²) in [5, 5.41) is 21.1. The SMILES string of the molecule is Cc1ccc([N+](=O)[O-])cc1-c1[nH]c(-c2cccc(O)c2)nc1-c1ccccc1. The van der Waals surface area contributed by atoms with Crippen LogP contribution in [0.4, 0.5) is 5.69 Å². The Morgan fingerprint density at radius 3 is 2.43 bits per heavy atom. The Morgan fingerprint density at radius 2 is 1.71 bits per heavy atom. The third-order valence-electron chi connectivity index (χ3n) is 4.57. The highest BCUT2D eigenvalue weighted by Gasteiger charge is 2.19. The topological polar surface area (TPSA) is 92.0 Å². The first kappa shape index (κ1) is 17.5. The summed E-state index contributed by atoms with van der Waals surface area (Å²) in [5.41, 5.74) is 4.65. The molecule has 138 valence electrons. The molecule has 0 aliphatic heterocycles. The molecule has 0 spiro atoms. The molecule has 0 unspecified atom stereocenters. The smallest absolute Gasteiger partial charge is 0.270 e. The number of H-pyrrole nitrogens is 1. The van der Waals surface area contributed by atoms with Gasteiger partial charge in [-0.05, 0) is 24.6 Å². The fourth-order valence-corrected chi connectivity index (χ4v) is 3.16. The van der Waals surface area contributed by atoms with E-state index < -0.39 is 4.92 Å². The van der Waals surface area contributed by atoms with Crippen LogP contribution in [0, 0.1) is 17.0 Å². The third-order valence-corrected chi connectivity index (χ3v) is 4.57. The number of nitro benzene ring substituents is 1. The van der Waals surface area contributed by atoms with Gasteiger partial charge in [-0.1, -0.05) is 48.5 Å². The summed E-state index contributed by atoms with van der Waals surface area (Å²) in [6.07, 6.45) is 0. The maximum absolute atomic E-state index is 11.3. The predicted octanol–water partition coefficient (Wildman–Crippen LogP) is 5.33. The molecule has 0 aliphatic rings. The normalized spacial score (nSPS) is 10.8. The molecule has 1 heterocycles. The number of benzene rings is 3. The number of rotatable bonds is 4. The summed E-state index contributed by atoms with van der Waals surface area (Å²) in [7, 11) is 0. The van der Waals surface area contributed by atoms with Crippen LogP contribution in [0.25, 0.3) is 33.9 Å². The molecule has 0 aliphatic carbocycles. The van der Waals surface area contributed by atoms with E-state index in [1.54, 1.807) is 30.3 Å². The van der Waals surface area contributed by atoms with Crippen LogP contribution in [0.2, 0.25) is 0 Å². The second-order valence-corrected chi connectivity index (χ2v) is 6.48. The molecule has 6 heteroatoms. The summed E-state index contributed by atoms with van der Waals surface area (Å²) in [6.45, 7) is 1.91. The van der Waals surface area contributed by atoms with Gasteiger partial charge in [0.1, 0.15) is 11.6 Å². The number of aromatic nitrogens is 2. The van der Waals surface area contributed by atoms with E-state index in [9.17, 15) is 15.2 Å². The van der Waals surface area contributed by atoms with Gasteiger partial charge in [-0.15, -0.1) is 0 Å². The van der Waals surface area contributed by atoms with Gasteiger partial charge in [0.05, 0.1) is 16.3 Å². The number of nitrogens with one attached hydrogen (secondary N) is 1. The van der Waals surface area contributed by atoms with Crippen LogP contribution in [0.3, 0.4) is 0 Å². The molecule has 0 radical (unpaired) electrons. The fraction of sp³-hybridized carbons (Fsp3) is 0.0455. The number of hydrogen-bond acceptors (Lipinski definition) is 4. The first-order chi connectivity index (χ1) is 13.5. The van der Waals surface area contributed by atoms with Crippen molar-refractivity contribution in [2.75, 3.05) is 0 Å². The van der Waals surface area contributed by atoms with Crippen LogP contribution in [-0.2, 0) is 0 Å². The number of nitro groups is 1. The molecule has 2 N–H and O–H groups in total. The van der Waals surface area contributed by atoms with Crippen LogP contribution < -0.4 is 0 Å². The van der Waals surface area contributed by atoms with Crippen molar-refractivity contribution in [3.8, 4) is 39.7 Å². The van der Waals surface area contributed by atoms with Gasteiger partial charge in [-0.25, -0.2) is 4.98 Å². The number of imidazole rings is 1. The average molecular weight is 371 g/mol. The Kier molecular flexibility index (Phi) is 4.37. The highest BCUT2D eigenvalue weighted by Crippen LogP contribution is 2.36. The lowest BCUT2D eigenvalue weighted by Gasteiger charge is -2.07. The monoisotopic (exact) mass is 371 g/mol. The van der Waals surface area contributed by atoms with Gasteiger partial charge in [-0.3, -0.25) is 10.1 Å². The summed E-state index contributed by atoms with van der Waals surface area (Å²) in [5.74, 6) is 0.721. The lowest BCUT2D eigenvalue weighted by molar-refractivity contribution is -0.384. The van der Waals surface area contributed by atoms with Gasteiger partial charge in [-0.2, -0.15) is 0 Å². The van der Waals surface area contributed by atoms with Gasteiger partial charge in [0.2, 0.25) is 0 Å². The largest absolute Gasteiger partial charge is 0.508 e. The minimum absolute atomic E-state index is 0.0214. The third kappa shape index (κ3) is 3.23. The number of aromatic hydroxyl groups is 1. The molecule has 0 saturated carbocycles. The minimum atomic E-state index is -0.405. The number of hydrogen-bond donors (Lipinski definition) is 2. The van der Waals surface area contributed by atoms with Crippen LogP contribution in [-0.4, -0.2) is 20.0 Å². The predicted molar refractivity (Wildman–Crippen MR) is 108 cm³/mol. The van der Waals surface area contributed by atoms with E-state index in [0.29, 0.717) is 22.8 Å². The number of aromatic amines is 1. The molecule has 0 fully saturated rings. The summed E-state index contributed by atoms with van der Waals surface area (Å²) in [6, 6.07) is 21.2. The molecule has 0 amide bonds. The second-order valence-electron chi connectivity index (χ2n) is 6.48. The Morgan fingerprint density at radius 1 is 0.964 bits per heavy atom. The van der Waals surface area contributed by atoms with Crippen LogP contribution >= 0.6 is 0 Å². The number of phenols is 1. The maximum atomic E-state index is 11.3. The lowest BCUT2D eigenvalue weighted by Crippen LogP contribution is -1.92. The molecule has 3 aromatic carbocycles. The average Bonchev–Trinajstić information content (AvgIpc) is 3.14. The molecule has 0 saturated heterocycles. The summed E-state index contributed by atoms with van der Waals surface area (Å²) in [4.78, 5) is 18.9. The van der Waals surface area contributed by atoms with E-state index in [1.807, 2.05) is 43.3 Å². The Bertz CT molecular complexity index is 1170. The number of aryl methyl sites for hydroxylation is 1. The van der Waals surface area contributed by atoms with E-state index >= 15 is 0 Å². The van der Waals surface area contributed by atoms with Crippen LogP contribution in [0.15, 0.2) is 72.8 Å². The number of phenolic OH excluding ortho intramolecular Hbond substituents is 1. The van der Waals surface area contributed by atoms with Crippen molar-refractivity contribution in [2.45, 2.75) is 6.92 Å². The van der Waals surface area contributed by atoms with Crippen molar-refractivity contribution in [1.82, 2.24) is 9.97 Å². The fourth-order valence-electron chi connectivity index (χ4n) is 3.16. The number of nitrogens with zero attached hydrogens (tertiary/aromatic N) is 2. The van der Waals surface area contributed by atoms with Crippen molar-refractivity contribution >= 4 is 5.69 Å². The molecule has 0 bridgehead atoms. The van der Waals surface area contributed by atoms with Crippen molar-refractivity contribution < 1.29 is 10.0 Å². The number of non-ortho nitro benzene ring substituents is 1. The van der Waals surface area contributed by atoms with Gasteiger partial charge in [0, 0.05) is 28.8 Å². The van der Waals surface area contributed by atoms with Gasteiger partial charge in [0.25, 0.3) is 5.69 Å². The second kappa shape index (κ2) is 7.00. The highest BCUT2D eigenvalue weighted by molar-refractivity contribution is 5.83. The molecule has 4 rings (SSSR count). The summed E-state index contributed by atoms with van der Waals surface area (Å²) >= 11 is 0. The Balaban J connectivity index is 1.96. The van der Waals surface area contributed by atoms with E-state index in [-0.39, 0.29) is 11.4 Å². The first-order valence-corrected chi connectivity index (χ1v) is 8.73. The van der Waals surface area contributed by atoms with Gasteiger partial charge in [0.15, 0.2) is 0 Å². The highest BCUT2D eigenvalue weighted by atomic mass is 16.6. The van der Waals surface area contributed by atoms with E-state index in [1.165, 1.54) is 6.07 Å². The quantitative estimate of drug-likeness (QED) is 0.374. The zero-order valence-electron chi connectivity index (χ0n) is 15.1. The van der Waals surface area contributed by atoms with Crippen LogP contribution in [0.5, 0.6) is 5.75 Å². The molecule has 28 heavy (non-hydrogen) atoms. The van der Waals surface area contributed by atoms with E-state index in [0.717, 1.165) is 16.7 Å².